The molecule has 0 radical (unpaired) electrons. The topological polar surface area (TPSA) is 138 Å². The molecule has 1 aromatic heterocycles. The average molecular weight is 317 g/mol. The van der Waals surface area contributed by atoms with Crippen LogP contribution in [-0.4, -0.2) is 41.6 Å². The van der Waals surface area contributed by atoms with E-state index in [4.69, 9.17) is 16.2 Å². The van der Waals surface area contributed by atoms with Crippen molar-refractivity contribution in [1.29, 1.82) is 0 Å². The summed E-state index contributed by atoms with van der Waals surface area (Å²) >= 11 is 0. The highest BCUT2D eigenvalue weighted by Crippen LogP contribution is 2.38. The summed E-state index contributed by atoms with van der Waals surface area (Å²) in [7, 11) is 0. The number of nitrogens with two attached hydrogens (primary N) is 2. The Morgan fingerprint density at radius 1 is 1.26 bits per heavy atom. The van der Waals surface area contributed by atoms with E-state index >= 15 is 0 Å². The maximum absolute atomic E-state index is 10.2. The molecular weight excluding hydrogens is 298 g/mol. The van der Waals surface area contributed by atoms with Gasteiger partial charge >= 0.3 is 0 Å². The van der Waals surface area contributed by atoms with Crippen LogP contribution in [-0.2, 0) is 4.74 Å². The normalized spacial score (nSPS) is 15.4. The summed E-state index contributed by atoms with van der Waals surface area (Å²) < 4.78 is 5.35. The van der Waals surface area contributed by atoms with Crippen LogP contribution in [0.25, 0.3) is 0 Å². The van der Waals surface area contributed by atoms with Crippen LogP contribution in [0.2, 0.25) is 0 Å². The standard InChI is InChI=1S/C14H19N7O2/c1-8-9(17-18-11-13(15)19-20-14(11)16)2-3-10(22)12(8)21-4-6-23-7-5-21/h2-3,22H,4-7H2,1H3,(H5,15,16,19,20). The number of hydrogen-bond donors (Lipinski definition) is 4. The third-order valence-corrected chi connectivity index (χ3v) is 3.76. The number of phenolic OH excluding ortho intramolecular Hbond substituents is 1. The Morgan fingerprint density at radius 3 is 2.65 bits per heavy atom. The van der Waals surface area contributed by atoms with Gasteiger partial charge in [-0.25, -0.2) is 0 Å². The molecule has 3 rings (SSSR count). The number of aromatic hydroxyl groups is 1. The molecule has 1 fully saturated rings. The summed E-state index contributed by atoms with van der Waals surface area (Å²) in [5.74, 6) is 0.665. The molecule has 0 amide bonds. The Morgan fingerprint density at radius 2 is 2.00 bits per heavy atom. The van der Waals surface area contributed by atoms with Crippen LogP contribution in [0.15, 0.2) is 22.4 Å². The quantitative estimate of drug-likeness (QED) is 0.637. The SMILES string of the molecule is Cc1c(N=Nc2c(N)n[nH]c2N)ccc(O)c1N1CCOCC1. The van der Waals surface area contributed by atoms with E-state index in [0.717, 1.165) is 24.3 Å². The Labute approximate surface area is 132 Å². The molecule has 0 unspecified atom stereocenters. The third-order valence-electron chi connectivity index (χ3n) is 3.76. The number of rotatable bonds is 3. The second kappa shape index (κ2) is 6.13. The number of nitrogens with zero attached hydrogens (tertiary/aromatic N) is 4. The van der Waals surface area contributed by atoms with Crippen molar-refractivity contribution in [1.82, 2.24) is 10.2 Å². The van der Waals surface area contributed by atoms with E-state index in [1.54, 1.807) is 12.1 Å². The van der Waals surface area contributed by atoms with Gasteiger partial charge in [-0.15, -0.1) is 10.2 Å². The molecule has 9 nitrogen and oxygen atoms in total. The van der Waals surface area contributed by atoms with E-state index in [0.29, 0.717) is 24.6 Å². The molecule has 1 aromatic carbocycles. The fourth-order valence-corrected chi connectivity index (χ4v) is 2.54. The number of H-pyrrole nitrogens is 1. The molecule has 23 heavy (non-hydrogen) atoms. The van der Waals surface area contributed by atoms with Crippen LogP contribution >= 0.6 is 0 Å². The number of benzene rings is 1. The maximum Gasteiger partial charge on any atom is 0.175 e. The second-order valence-electron chi connectivity index (χ2n) is 5.25. The maximum atomic E-state index is 10.2. The first kappa shape index (κ1) is 15.1. The summed E-state index contributed by atoms with van der Waals surface area (Å²) in [6, 6.07) is 3.30. The van der Waals surface area contributed by atoms with E-state index in [-0.39, 0.29) is 17.4 Å². The highest BCUT2D eigenvalue weighted by Gasteiger charge is 2.19. The van der Waals surface area contributed by atoms with E-state index in [9.17, 15) is 5.11 Å². The van der Waals surface area contributed by atoms with Crippen molar-refractivity contribution < 1.29 is 9.84 Å². The highest BCUT2D eigenvalue weighted by molar-refractivity contribution is 5.72. The van der Waals surface area contributed by atoms with Gasteiger partial charge in [0.05, 0.1) is 24.6 Å². The fourth-order valence-electron chi connectivity index (χ4n) is 2.54. The Kier molecular flexibility index (Phi) is 4.02. The zero-order valence-electron chi connectivity index (χ0n) is 12.8. The smallest absolute Gasteiger partial charge is 0.175 e. The Bertz CT molecular complexity index is 715. The van der Waals surface area contributed by atoms with Crippen molar-refractivity contribution in [2.24, 2.45) is 10.2 Å². The highest BCUT2D eigenvalue weighted by atomic mass is 16.5. The largest absolute Gasteiger partial charge is 0.506 e. The lowest BCUT2D eigenvalue weighted by Gasteiger charge is -2.30. The number of aromatic amines is 1. The zero-order chi connectivity index (χ0) is 16.4. The van der Waals surface area contributed by atoms with Crippen LogP contribution < -0.4 is 16.4 Å². The minimum Gasteiger partial charge on any atom is -0.506 e. The zero-order valence-corrected chi connectivity index (χ0v) is 12.8. The average Bonchev–Trinajstić information content (AvgIpc) is 2.87. The minimum absolute atomic E-state index is 0.191. The Balaban J connectivity index is 1.94. The molecule has 122 valence electrons. The van der Waals surface area contributed by atoms with Crippen LogP contribution in [0.5, 0.6) is 5.75 Å². The molecule has 9 heteroatoms. The molecule has 0 saturated carbocycles. The van der Waals surface area contributed by atoms with E-state index in [2.05, 4.69) is 25.3 Å². The molecule has 0 aliphatic carbocycles. The van der Waals surface area contributed by atoms with Crippen molar-refractivity contribution in [2.75, 3.05) is 42.7 Å². The molecule has 0 spiro atoms. The van der Waals surface area contributed by atoms with Crippen LogP contribution in [0.1, 0.15) is 5.56 Å². The summed E-state index contributed by atoms with van der Waals surface area (Å²) in [5, 5.41) is 24.8. The molecule has 2 aromatic rings. The van der Waals surface area contributed by atoms with Gasteiger partial charge in [-0.05, 0) is 19.1 Å². The van der Waals surface area contributed by atoms with Crippen molar-refractivity contribution in [2.45, 2.75) is 6.92 Å². The number of hydrogen-bond acceptors (Lipinski definition) is 8. The lowest BCUT2D eigenvalue weighted by Crippen LogP contribution is -2.36. The first-order valence-electron chi connectivity index (χ1n) is 7.24. The van der Waals surface area contributed by atoms with Crippen molar-refractivity contribution in [3.63, 3.8) is 0 Å². The van der Waals surface area contributed by atoms with Crippen LogP contribution in [0.4, 0.5) is 28.7 Å². The molecule has 1 aliphatic rings. The van der Waals surface area contributed by atoms with E-state index in [1.165, 1.54) is 0 Å². The van der Waals surface area contributed by atoms with Gasteiger partial charge in [0.25, 0.3) is 0 Å². The predicted molar refractivity (Wildman–Crippen MR) is 87.5 cm³/mol. The van der Waals surface area contributed by atoms with Gasteiger partial charge in [0.1, 0.15) is 11.6 Å². The first-order valence-corrected chi connectivity index (χ1v) is 7.24. The van der Waals surface area contributed by atoms with E-state index in [1.807, 2.05) is 6.92 Å². The van der Waals surface area contributed by atoms with Gasteiger partial charge in [-0.3, -0.25) is 5.10 Å². The summed E-state index contributed by atoms with van der Waals surface area (Å²) in [6.45, 7) is 4.59. The van der Waals surface area contributed by atoms with Gasteiger partial charge in [0.2, 0.25) is 0 Å². The molecule has 1 saturated heterocycles. The summed E-state index contributed by atoms with van der Waals surface area (Å²) in [6.07, 6.45) is 0. The fraction of sp³-hybridized carbons (Fsp3) is 0.357. The van der Waals surface area contributed by atoms with Gasteiger partial charge in [0.15, 0.2) is 11.5 Å². The minimum atomic E-state index is 0.191. The van der Waals surface area contributed by atoms with Crippen molar-refractivity contribution >= 4 is 28.7 Å². The molecular formula is C14H19N7O2. The summed E-state index contributed by atoms with van der Waals surface area (Å²) in [5.41, 5.74) is 13.9. The van der Waals surface area contributed by atoms with Gasteiger partial charge in [-0.2, -0.15) is 5.10 Å². The third kappa shape index (κ3) is 2.90. The molecule has 0 atom stereocenters. The van der Waals surface area contributed by atoms with E-state index < -0.39 is 0 Å². The number of azo groups is 1. The van der Waals surface area contributed by atoms with Crippen LogP contribution in [0, 0.1) is 6.92 Å². The number of morpholine rings is 1. The van der Waals surface area contributed by atoms with Gasteiger partial charge in [-0.1, -0.05) is 0 Å². The monoisotopic (exact) mass is 317 g/mol. The molecule has 2 heterocycles. The Hall–Kier alpha value is -2.81. The number of anilines is 3. The van der Waals surface area contributed by atoms with Crippen molar-refractivity contribution in [3.8, 4) is 5.75 Å². The number of phenols is 1. The predicted octanol–water partition coefficient (Wildman–Crippen LogP) is 1.84. The molecule has 0 bridgehead atoms. The first-order chi connectivity index (χ1) is 11.1. The van der Waals surface area contributed by atoms with Gasteiger partial charge in [0, 0.05) is 18.7 Å². The number of nitrogen functional groups attached to an aromatic ring is 2. The van der Waals surface area contributed by atoms with Crippen LogP contribution in [0.3, 0.4) is 0 Å². The second-order valence-corrected chi connectivity index (χ2v) is 5.25. The summed E-state index contributed by atoms with van der Waals surface area (Å²) in [4.78, 5) is 2.08. The number of nitrogens with one attached hydrogen (secondary N) is 1. The lowest BCUT2D eigenvalue weighted by molar-refractivity contribution is 0.122. The van der Waals surface area contributed by atoms with Gasteiger partial charge < -0.3 is 26.2 Å². The molecule has 1 aliphatic heterocycles. The number of ether oxygens (including phenoxy) is 1. The lowest BCUT2D eigenvalue weighted by atomic mass is 10.1. The molecule has 6 N–H and O–H groups in total. The number of aromatic nitrogens is 2. The van der Waals surface area contributed by atoms with Crippen molar-refractivity contribution in [3.05, 3.63) is 17.7 Å².